The number of hydrogen-bond acceptors (Lipinski definition) is 3. The standard InChI is InChI=1S/C10H7FN2O2/c11-7-3-4-9(12-6-7)13-10(14)8-2-1-5-15-8/h1-6H,(H,12,13,14). The van der Waals surface area contributed by atoms with Crippen molar-refractivity contribution in [3.63, 3.8) is 0 Å². The van der Waals surface area contributed by atoms with E-state index in [9.17, 15) is 9.18 Å². The lowest BCUT2D eigenvalue weighted by Gasteiger charge is -2.00. The molecule has 2 aromatic rings. The molecule has 2 aromatic heterocycles. The number of nitrogens with one attached hydrogen (secondary N) is 1. The summed E-state index contributed by atoms with van der Waals surface area (Å²) < 4.78 is 17.4. The number of aromatic nitrogens is 1. The van der Waals surface area contributed by atoms with Crippen LogP contribution in [0.2, 0.25) is 0 Å². The number of carbonyl (C=O) groups is 1. The van der Waals surface area contributed by atoms with Crippen LogP contribution in [0.1, 0.15) is 10.6 Å². The van der Waals surface area contributed by atoms with Gasteiger partial charge in [-0.1, -0.05) is 0 Å². The summed E-state index contributed by atoms with van der Waals surface area (Å²) in [6.45, 7) is 0. The highest BCUT2D eigenvalue weighted by Crippen LogP contribution is 2.07. The lowest BCUT2D eigenvalue weighted by molar-refractivity contribution is 0.0996. The van der Waals surface area contributed by atoms with Crippen molar-refractivity contribution in [3.05, 3.63) is 48.3 Å². The molecule has 4 nitrogen and oxygen atoms in total. The van der Waals surface area contributed by atoms with Crippen LogP contribution >= 0.6 is 0 Å². The summed E-state index contributed by atoms with van der Waals surface area (Å²) in [6.07, 6.45) is 2.42. The van der Waals surface area contributed by atoms with E-state index < -0.39 is 11.7 Å². The predicted molar refractivity (Wildman–Crippen MR) is 50.9 cm³/mol. The fourth-order valence-electron chi connectivity index (χ4n) is 1.04. The second-order valence-electron chi connectivity index (χ2n) is 2.79. The van der Waals surface area contributed by atoms with Gasteiger partial charge in [-0.05, 0) is 24.3 Å². The van der Waals surface area contributed by atoms with E-state index in [1.807, 2.05) is 0 Å². The molecule has 0 spiro atoms. The zero-order valence-corrected chi connectivity index (χ0v) is 7.61. The van der Waals surface area contributed by atoms with Gasteiger partial charge in [-0.2, -0.15) is 0 Å². The van der Waals surface area contributed by atoms with Crippen LogP contribution in [0.3, 0.4) is 0 Å². The fraction of sp³-hybridized carbons (Fsp3) is 0. The van der Waals surface area contributed by atoms with Crippen molar-refractivity contribution >= 4 is 11.7 Å². The molecule has 0 aliphatic rings. The Morgan fingerprint density at radius 2 is 2.27 bits per heavy atom. The molecule has 0 fully saturated rings. The highest BCUT2D eigenvalue weighted by Gasteiger charge is 2.08. The fourth-order valence-corrected chi connectivity index (χ4v) is 1.04. The van der Waals surface area contributed by atoms with Gasteiger partial charge in [0.2, 0.25) is 0 Å². The molecule has 0 saturated carbocycles. The van der Waals surface area contributed by atoms with Crippen LogP contribution in [0, 0.1) is 5.82 Å². The van der Waals surface area contributed by atoms with Crippen molar-refractivity contribution in [3.8, 4) is 0 Å². The Labute approximate surface area is 84.7 Å². The van der Waals surface area contributed by atoms with Crippen LogP contribution < -0.4 is 5.32 Å². The molecule has 0 aromatic carbocycles. The number of anilines is 1. The number of carbonyl (C=O) groups excluding carboxylic acids is 1. The van der Waals surface area contributed by atoms with Gasteiger partial charge in [-0.15, -0.1) is 0 Å². The first-order chi connectivity index (χ1) is 7.25. The van der Waals surface area contributed by atoms with E-state index in [2.05, 4.69) is 10.3 Å². The van der Waals surface area contributed by atoms with Crippen molar-refractivity contribution < 1.29 is 13.6 Å². The quantitative estimate of drug-likeness (QED) is 0.818. The summed E-state index contributed by atoms with van der Waals surface area (Å²) >= 11 is 0. The molecule has 0 unspecified atom stereocenters. The summed E-state index contributed by atoms with van der Waals surface area (Å²) in [5, 5.41) is 2.46. The normalized spacial score (nSPS) is 9.93. The van der Waals surface area contributed by atoms with E-state index in [1.54, 1.807) is 6.07 Å². The number of nitrogens with zero attached hydrogens (tertiary/aromatic N) is 1. The van der Waals surface area contributed by atoms with Gasteiger partial charge >= 0.3 is 0 Å². The second-order valence-corrected chi connectivity index (χ2v) is 2.79. The third-order valence-electron chi connectivity index (χ3n) is 1.71. The highest BCUT2D eigenvalue weighted by molar-refractivity contribution is 6.01. The largest absolute Gasteiger partial charge is 0.459 e. The van der Waals surface area contributed by atoms with Gasteiger partial charge in [0.1, 0.15) is 11.6 Å². The minimum Gasteiger partial charge on any atom is -0.459 e. The van der Waals surface area contributed by atoms with Crippen molar-refractivity contribution in [1.29, 1.82) is 0 Å². The number of rotatable bonds is 2. The van der Waals surface area contributed by atoms with Crippen molar-refractivity contribution in [2.24, 2.45) is 0 Å². The van der Waals surface area contributed by atoms with Gasteiger partial charge in [0.05, 0.1) is 12.5 Å². The molecule has 2 heterocycles. The molecule has 0 bridgehead atoms. The zero-order valence-electron chi connectivity index (χ0n) is 7.61. The Bertz CT molecular complexity index is 451. The van der Waals surface area contributed by atoms with E-state index in [-0.39, 0.29) is 11.6 Å². The summed E-state index contributed by atoms with van der Waals surface area (Å²) in [6, 6.07) is 5.72. The van der Waals surface area contributed by atoms with Crippen molar-refractivity contribution in [2.75, 3.05) is 5.32 Å². The number of halogens is 1. The first kappa shape index (κ1) is 9.39. The first-order valence-corrected chi connectivity index (χ1v) is 4.22. The molecule has 0 radical (unpaired) electrons. The highest BCUT2D eigenvalue weighted by atomic mass is 19.1. The van der Waals surface area contributed by atoms with Crippen LogP contribution in [0.25, 0.3) is 0 Å². The Morgan fingerprint density at radius 1 is 1.40 bits per heavy atom. The Balaban J connectivity index is 2.09. The van der Waals surface area contributed by atoms with Gasteiger partial charge < -0.3 is 9.73 Å². The Hall–Kier alpha value is -2.17. The maximum absolute atomic E-state index is 12.5. The Morgan fingerprint density at radius 3 is 2.87 bits per heavy atom. The third-order valence-corrected chi connectivity index (χ3v) is 1.71. The molecule has 1 amide bonds. The van der Waals surface area contributed by atoms with E-state index in [4.69, 9.17) is 4.42 Å². The lowest BCUT2D eigenvalue weighted by Crippen LogP contribution is -2.11. The molecule has 15 heavy (non-hydrogen) atoms. The number of hydrogen-bond donors (Lipinski definition) is 1. The topological polar surface area (TPSA) is 55.1 Å². The Kier molecular flexibility index (Phi) is 2.45. The zero-order chi connectivity index (χ0) is 10.7. The van der Waals surface area contributed by atoms with Gasteiger partial charge in [-0.3, -0.25) is 4.79 Å². The maximum atomic E-state index is 12.5. The molecule has 1 N–H and O–H groups in total. The second kappa shape index (κ2) is 3.91. The van der Waals surface area contributed by atoms with Gasteiger partial charge in [0, 0.05) is 0 Å². The van der Waals surface area contributed by atoms with Gasteiger partial charge in [0.15, 0.2) is 5.76 Å². The minimum absolute atomic E-state index is 0.182. The van der Waals surface area contributed by atoms with Crippen LogP contribution in [0.4, 0.5) is 10.2 Å². The van der Waals surface area contributed by atoms with Crippen LogP contribution in [0.5, 0.6) is 0 Å². The van der Waals surface area contributed by atoms with Crippen LogP contribution in [-0.4, -0.2) is 10.9 Å². The summed E-state index contributed by atoms with van der Waals surface area (Å²) in [5.74, 6) is -0.413. The molecule has 0 saturated heterocycles. The summed E-state index contributed by atoms with van der Waals surface area (Å²) in [5.41, 5.74) is 0. The van der Waals surface area contributed by atoms with Crippen LogP contribution in [-0.2, 0) is 0 Å². The SMILES string of the molecule is O=C(Nc1ccc(F)cn1)c1ccco1. The molecule has 0 aliphatic heterocycles. The average molecular weight is 206 g/mol. The number of furan rings is 1. The van der Waals surface area contributed by atoms with Crippen molar-refractivity contribution in [1.82, 2.24) is 4.98 Å². The third kappa shape index (κ3) is 2.19. The maximum Gasteiger partial charge on any atom is 0.292 e. The molecular weight excluding hydrogens is 199 g/mol. The molecule has 76 valence electrons. The molecular formula is C10H7FN2O2. The number of pyridine rings is 1. The van der Waals surface area contributed by atoms with Crippen LogP contribution in [0.15, 0.2) is 41.1 Å². The average Bonchev–Trinajstić information content (AvgIpc) is 2.74. The monoisotopic (exact) mass is 206 g/mol. The van der Waals surface area contributed by atoms with E-state index in [1.165, 1.54) is 24.5 Å². The van der Waals surface area contributed by atoms with E-state index >= 15 is 0 Å². The predicted octanol–water partition coefficient (Wildman–Crippen LogP) is 2.07. The summed E-state index contributed by atoms with van der Waals surface area (Å²) in [4.78, 5) is 15.1. The molecule has 5 heteroatoms. The van der Waals surface area contributed by atoms with E-state index in [0.717, 1.165) is 6.20 Å². The van der Waals surface area contributed by atoms with Crippen molar-refractivity contribution in [2.45, 2.75) is 0 Å². The minimum atomic E-state index is -0.453. The first-order valence-electron chi connectivity index (χ1n) is 4.22. The molecule has 0 aliphatic carbocycles. The summed E-state index contributed by atoms with van der Waals surface area (Å²) in [7, 11) is 0. The van der Waals surface area contributed by atoms with E-state index in [0.29, 0.717) is 0 Å². The van der Waals surface area contributed by atoms with Gasteiger partial charge in [-0.25, -0.2) is 9.37 Å². The smallest absolute Gasteiger partial charge is 0.292 e. The number of amides is 1. The molecule has 0 atom stereocenters. The molecule has 2 rings (SSSR count). The van der Waals surface area contributed by atoms with Gasteiger partial charge in [0.25, 0.3) is 5.91 Å². The lowest BCUT2D eigenvalue weighted by atomic mass is 10.4.